The SMILES string of the molecule is CCN(C(=O)COC(=O)c1csc(-c2ccc(OC)cc2)n1)C1CCCCC1. The molecule has 1 heterocycles. The minimum atomic E-state index is -0.566. The van der Waals surface area contributed by atoms with Crippen LogP contribution in [0.3, 0.4) is 0 Å². The summed E-state index contributed by atoms with van der Waals surface area (Å²) >= 11 is 1.36. The van der Waals surface area contributed by atoms with Gasteiger partial charge in [-0.3, -0.25) is 4.79 Å². The Balaban J connectivity index is 1.57. The van der Waals surface area contributed by atoms with E-state index < -0.39 is 5.97 Å². The molecule has 1 amide bonds. The normalized spacial score (nSPS) is 14.5. The summed E-state index contributed by atoms with van der Waals surface area (Å²) < 4.78 is 10.4. The molecular weight excluding hydrogens is 376 g/mol. The van der Waals surface area contributed by atoms with E-state index in [9.17, 15) is 9.59 Å². The van der Waals surface area contributed by atoms with Crippen molar-refractivity contribution in [3.63, 3.8) is 0 Å². The van der Waals surface area contributed by atoms with Gasteiger partial charge in [0.2, 0.25) is 0 Å². The highest BCUT2D eigenvalue weighted by molar-refractivity contribution is 7.13. The van der Waals surface area contributed by atoms with E-state index in [1.807, 2.05) is 36.1 Å². The fourth-order valence-corrected chi connectivity index (χ4v) is 4.34. The first-order valence-corrected chi connectivity index (χ1v) is 10.6. The van der Waals surface area contributed by atoms with Gasteiger partial charge in [-0.2, -0.15) is 0 Å². The Labute approximate surface area is 169 Å². The zero-order chi connectivity index (χ0) is 19.9. The Morgan fingerprint density at radius 1 is 1.18 bits per heavy atom. The summed E-state index contributed by atoms with van der Waals surface area (Å²) in [5, 5.41) is 2.38. The quantitative estimate of drug-likeness (QED) is 0.651. The largest absolute Gasteiger partial charge is 0.497 e. The van der Waals surface area contributed by atoms with Gasteiger partial charge in [-0.1, -0.05) is 19.3 Å². The van der Waals surface area contributed by atoms with Crippen molar-refractivity contribution < 1.29 is 19.1 Å². The van der Waals surface area contributed by atoms with Crippen molar-refractivity contribution >= 4 is 23.2 Å². The Kier molecular flexibility index (Phi) is 7.03. The minimum absolute atomic E-state index is 0.131. The number of aromatic nitrogens is 1. The number of amides is 1. The molecule has 1 fully saturated rings. The van der Waals surface area contributed by atoms with Gasteiger partial charge in [-0.15, -0.1) is 11.3 Å². The number of methoxy groups -OCH3 is 1. The van der Waals surface area contributed by atoms with E-state index in [1.54, 1.807) is 12.5 Å². The summed E-state index contributed by atoms with van der Waals surface area (Å²) in [5.74, 6) is 0.0642. The molecule has 6 nitrogen and oxygen atoms in total. The topological polar surface area (TPSA) is 68.7 Å². The monoisotopic (exact) mass is 402 g/mol. The molecule has 3 rings (SSSR count). The summed E-state index contributed by atoms with van der Waals surface area (Å²) in [4.78, 5) is 31.0. The van der Waals surface area contributed by atoms with Crippen LogP contribution in [0.15, 0.2) is 29.6 Å². The molecule has 0 aliphatic heterocycles. The van der Waals surface area contributed by atoms with Gasteiger partial charge in [0.15, 0.2) is 12.3 Å². The molecule has 150 valence electrons. The molecule has 0 spiro atoms. The molecule has 0 unspecified atom stereocenters. The molecule has 1 saturated carbocycles. The maximum Gasteiger partial charge on any atom is 0.358 e. The lowest BCUT2D eigenvalue weighted by molar-refractivity contribution is -0.137. The number of carbonyl (C=O) groups excluding carboxylic acids is 2. The molecule has 1 aliphatic carbocycles. The Bertz CT molecular complexity index is 797. The number of esters is 1. The zero-order valence-electron chi connectivity index (χ0n) is 16.3. The Hall–Kier alpha value is -2.41. The lowest BCUT2D eigenvalue weighted by atomic mass is 9.94. The average molecular weight is 403 g/mol. The predicted octanol–water partition coefficient (Wildman–Crippen LogP) is 4.16. The molecule has 1 aromatic heterocycles. The first-order valence-electron chi connectivity index (χ1n) is 9.69. The fraction of sp³-hybridized carbons (Fsp3) is 0.476. The van der Waals surface area contributed by atoms with Crippen LogP contribution in [-0.2, 0) is 9.53 Å². The van der Waals surface area contributed by atoms with E-state index >= 15 is 0 Å². The van der Waals surface area contributed by atoms with Gasteiger partial charge in [-0.05, 0) is 44.0 Å². The van der Waals surface area contributed by atoms with Crippen molar-refractivity contribution in [1.82, 2.24) is 9.88 Å². The zero-order valence-corrected chi connectivity index (χ0v) is 17.2. The minimum Gasteiger partial charge on any atom is -0.497 e. The molecular formula is C21H26N2O4S. The van der Waals surface area contributed by atoms with Gasteiger partial charge in [0.25, 0.3) is 5.91 Å². The molecule has 0 N–H and O–H groups in total. The first kappa shape index (κ1) is 20.3. The highest BCUT2D eigenvalue weighted by Gasteiger charge is 2.25. The van der Waals surface area contributed by atoms with E-state index in [1.165, 1.54) is 17.8 Å². The number of carbonyl (C=O) groups is 2. The molecule has 28 heavy (non-hydrogen) atoms. The first-order chi connectivity index (χ1) is 13.6. The molecule has 2 aromatic rings. The van der Waals surface area contributed by atoms with Gasteiger partial charge in [0.1, 0.15) is 10.8 Å². The van der Waals surface area contributed by atoms with Crippen molar-refractivity contribution in [2.24, 2.45) is 0 Å². The molecule has 7 heteroatoms. The number of rotatable bonds is 7. The number of likely N-dealkylation sites (N-methyl/N-ethyl adjacent to an activating group) is 1. The molecule has 1 aromatic carbocycles. The van der Waals surface area contributed by atoms with Crippen LogP contribution in [-0.4, -0.2) is 48.1 Å². The van der Waals surface area contributed by atoms with Gasteiger partial charge in [0.05, 0.1) is 7.11 Å². The highest BCUT2D eigenvalue weighted by Crippen LogP contribution is 2.26. The van der Waals surface area contributed by atoms with Crippen LogP contribution in [0.2, 0.25) is 0 Å². The number of hydrogen-bond donors (Lipinski definition) is 0. The summed E-state index contributed by atoms with van der Waals surface area (Å²) in [7, 11) is 1.61. The highest BCUT2D eigenvalue weighted by atomic mass is 32.1. The third kappa shape index (κ3) is 4.90. The van der Waals surface area contributed by atoms with Gasteiger partial charge >= 0.3 is 5.97 Å². The van der Waals surface area contributed by atoms with Crippen LogP contribution in [0.1, 0.15) is 49.5 Å². The number of thiazole rings is 1. The van der Waals surface area contributed by atoms with Crippen molar-refractivity contribution in [2.45, 2.75) is 45.1 Å². The van der Waals surface area contributed by atoms with Crippen LogP contribution in [0.5, 0.6) is 5.75 Å². The predicted molar refractivity (Wildman–Crippen MR) is 109 cm³/mol. The lowest BCUT2D eigenvalue weighted by Crippen LogP contribution is -2.43. The van der Waals surface area contributed by atoms with Gasteiger partial charge in [0, 0.05) is 23.5 Å². The summed E-state index contributed by atoms with van der Waals surface area (Å²) in [6.45, 7) is 2.37. The Morgan fingerprint density at radius 2 is 1.89 bits per heavy atom. The maximum atomic E-state index is 12.5. The standard InChI is InChI=1S/C21H26N2O4S/c1-3-23(16-7-5-4-6-8-16)19(24)13-27-21(25)18-14-28-20(22-18)15-9-11-17(26-2)12-10-15/h9-12,14,16H,3-8,13H2,1-2H3. The number of benzene rings is 1. The second-order valence-corrected chi connectivity index (χ2v) is 7.67. The van der Waals surface area contributed by atoms with E-state index in [0.717, 1.165) is 42.0 Å². The summed E-state index contributed by atoms with van der Waals surface area (Å²) in [6, 6.07) is 7.74. The molecule has 0 bridgehead atoms. The smallest absolute Gasteiger partial charge is 0.358 e. The third-order valence-corrected chi connectivity index (χ3v) is 5.94. The van der Waals surface area contributed by atoms with Crippen LogP contribution in [0, 0.1) is 0 Å². The summed E-state index contributed by atoms with van der Waals surface area (Å²) in [6.07, 6.45) is 5.61. The van der Waals surface area contributed by atoms with Crippen LogP contribution in [0.4, 0.5) is 0 Å². The molecule has 0 atom stereocenters. The molecule has 1 aliphatic rings. The van der Waals surface area contributed by atoms with Crippen LogP contribution < -0.4 is 4.74 Å². The van der Waals surface area contributed by atoms with E-state index in [-0.39, 0.29) is 24.2 Å². The second kappa shape index (κ2) is 9.68. The van der Waals surface area contributed by atoms with Crippen molar-refractivity contribution in [2.75, 3.05) is 20.3 Å². The fourth-order valence-electron chi connectivity index (χ4n) is 3.55. The van der Waals surface area contributed by atoms with Gasteiger partial charge < -0.3 is 14.4 Å². The average Bonchev–Trinajstić information content (AvgIpc) is 3.24. The van der Waals surface area contributed by atoms with Crippen LogP contribution in [0.25, 0.3) is 10.6 Å². The van der Waals surface area contributed by atoms with Crippen molar-refractivity contribution in [1.29, 1.82) is 0 Å². The van der Waals surface area contributed by atoms with E-state index in [0.29, 0.717) is 6.54 Å². The van der Waals surface area contributed by atoms with E-state index in [2.05, 4.69) is 4.98 Å². The molecule has 0 radical (unpaired) electrons. The van der Waals surface area contributed by atoms with Gasteiger partial charge in [-0.25, -0.2) is 9.78 Å². The van der Waals surface area contributed by atoms with E-state index in [4.69, 9.17) is 9.47 Å². The maximum absolute atomic E-state index is 12.5. The third-order valence-electron chi connectivity index (χ3n) is 5.05. The van der Waals surface area contributed by atoms with Crippen molar-refractivity contribution in [3.8, 4) is 16.3 Å². The van der Waals surface area contributed by atoms with Crippen LogP contribution >= 0.6 is 11.3 Å². The summed E-state index contributed by atoms with van der Waals surface area (Å²) in [5.41, 5.74) is 1.12. The number of nitrogens with zero attached hydrogens (tertiary/aromatic N) is 2. The number of ether oxygens (including phenoxy) is 2. The number of hydrogen-bond acceptors (Lipinski definition) is 6. The van der Waals surface area contributed by atoms with Crippen molar-refractivity contribution in [3.05, 3.63) is 35.3 Å². The Morgan fingerprint density at radius 3 is 2.54 bits per heavy atom. The second-order valence-electron chi connectivity index (χ2n) is 6.81. The lowest BCUT2D eigenvalue weighted by Gasteiger charge is -2.33. The molecule has 0 saturated heterocycles.